The largest absolute Gasteiger partial charge is 0.350 e. The summed E-state index contributed by atoms with van der Waals surface area (Å²) in [6.07, 6.45) is 10.6. The molecule has 0 aromatic heterocycles. The molecule has 1 atom stereocenters. The quantitative estimate of drug-likeness (QED) is 0.864. The van der Waals surface area contributed by atoms with Gasteiger partial charge in [-0.2, -0.15) is 0 Å². The molecular weight excluding hydrogens is 303 g/mol. The van der Waals surface area contributed by atoms with E-state index in [1.807, 2.05) is 0 Å². The predicted molar refractivity (Wildman–Crippen MR) is 94.9 cm³/mol. The Hall–Kier alpha value is -2.30. The molecule has 126 valence electrons. The minimum Gasteiger partial charge on any atom is -0.350 e. The number of rotatable bonds is 2. The zero-order chi connectivity index (χ0) is 16.5. The highest BCUT2D eigenvalue weighted by molar-refractivity contribution is 5.95. The summed E-state index contributed by atoms with van der Waals surface area (Å²) >= 11 is 0. The van der Waals surface area contributed by atoms with Crippen molar-refractivity contribution in [1.82, 2.24) is 10.2 Å². The summed E-state index contributed by atoms with van der Waals surface area (Å²) in [4.78, 5) is 7.33. The van der Waals surface area contributed by atoms with E-state index < -0.39 is 0 Å². The Balaban J connectivity index is 1.59. The predicted octanol–water partition coefficient (Wildman–Crippen LogP) is 3.96. The molecule has 1 saturated carbocycles. The van der Waals surface area contributed by atoms with Crippen molar-refractivity contribution in [3.05, 3.63) is 53.6 Å². The molecule has 5 heteroatoms. The molecule has 2 N–H and O–H groups in total. The Morgan fingerprint density at radius 3 is 2.71 bits per heavy atom. The maximum absolute atomic E-state index is 13.1. The Morgan fingerprint density at radius 1 is 1.21 bits per heavy atom. The van der Waals surface area contributed by atoms with E-state index in [1.165, 1.54) is 43.4 Å². The number of guanidine groups is 1. The zero-order valence-corrected chi connectivity index (χ0v) is 13.9. The number of allylic oxidation sites excluding steroid dienone is 2. The van der Waals surface area contributed by atoms with Gasteiger partial charge in [-0.3, -0.25) is 0 Å². The first-order valence-electron chi connectivity index (χ1n) is 8.72. The third-order valence-electron chi connectivity index (χ3n) is 5.10. The summed E-state index contributed by atoms with van der Waals surface area (Å²) in [7, 11) is 0. The van der Waals surface area contributed by atoms with Gasteiger partial charge in [0.15, 0.2) is 0 Å². The van der Waals surface area contributed by atoms with Crippen molar-refractivity contribution in [2.24, 2.45) is 4.99 Å². The highest BCUT2D eigenvalue weighted by Crippen LogP contribution is 2.33. The fourth-order valence-corrected chi connectivity index (χ4v) is 3.83. The summed E-state index contributed by atoms with van der Waals surface area (Å²) in [5.41, 5.74) is 3.33. The monoisotopic (exact) mass is 326 g/mol. The van der Waals surface area contributed by atoms with Crippen molar-refractivity contribution < 1.29 is 4.39 Å². The number of hydrogen-bond donors (Lipinski definition) is 2. The van der Waals surface area contributed by atoms with Gasteiger partial charge in [0.05, 0.1) is 0 Å². The van der Waals surface area contributed by atoms with Crippen molar-refractivity contribution in [2.45, 2.75) is 51.2 Å². The molecule has 1 aromatic rings. The van der Waals surface area contributed by atoms with Gasteiger partial charge in [0.25, 0.3) is 0 Å². The molecule has 3 aliphatic rings. The van der Waals surface area contributed by atoms with Gasteiger partial charge in [-0.05, 0) is 62.2 Å². The number of hydrogen-bond acceptors (Lipinski definition) is 4. The van der Waals surface area contributed by atoms with E-state index in [1.54, 1.807) is 12.1 Å². The van der Waals surface area contributed by atoms with Crippen molar-refractivity contribution in [3.63, 3.8) is 0 Å². The van der Waals surface area contributed by atoms with Crippen molar-refractivity contribution >= 4 is 11.6 Å². The van der Waals surface area contributed by atoms with Crippen LogP contribution >= 0.6 is 0 Å². The Kier molecular flexibility index (Phi) is 4.00. The van der Waals surface area contributed by atoms with E-state index in [0.29, 0.717) is 6.04 Å². The molecule has 1 unspecified atom stereocenters. The standard InChI is InChI=1S/C19H23FN4/c1-13-17-7-4-12-24(16-5-2-3-6-16)18(17)23-19(21-13)22-15-10-8-14(20)9-11-15/h4,8-12,16,18H,2-3,5-7H2,1H3,(H2,21,22,23). The summed E-state index contributed by atoms with van der Waals surface area (Å²) in [6.45, 7) is 2.11. The number of nitrogens with one attached hydrogen (secondary N) is 2. The molecule has 0 bridgehead atoms. The van der Waals surface area contributed by atoms with Crippen LogP contribution in [-0.2, 0) is 0 Å². The zero-order valence-electron chi connectivity index (χ0n) is 13.9. The minimum atomic E-state index is -0.234. The first-order valence-corrected chi connectivity index (χ1v) is 8.72. The SMILES string of the molecule is CC1=C2CC=CN(C3CCCC3)C2N=C(Nc2ccc(F)cc2)N1. The second-order valence-electron chi connectivity index (χ2n) is 6.73. The van der Waals surface area contributed by atoms with Crippen LogP contribution in [0.3, 0.4) is 0 Å². The van der Waals surface area contributed by atoms with Crippen LogP contribution in [0.1, 0.15) is 39.0 Å². The fourth-order valence-electron chi connectivity index (χ4n) is 3.83. The highest BCUT2D eigenvalue weighted by atomic mass is 19.1. The van der Waals surface area contributed by atoms with E-state index in [2.05, 4.69) is 34.7 Å². The van der Waals surface area contributed by atoms with Gasteiger partial charge in [-0.25, -0.2) is 9.38 Å². The number of halogens is 1. The third-order valence-corrected chi connectivity index (χ3v) is 5.10. The first-order chi connectivity index (χ1) is 11.7. The maximum atomic E-state index is 13.1. The van der Waals surface area contributed by atoms with Gasteiger partial charge in [0.1, 0.15) is 12.0 Å². The van der Waals surface area contributed by atoms with Gasteiger partial charge < -0.3 is 15.5 Å². The van der Waals surface area contributed by atoms with E-state index >= 15 is 0 Å². The molecule has 0 radical (unpaired) electrons. The second-order valence-corrected chi connectivity index (χ2v) is 6.73. The molecule has 1 fully saturated rings. The number of nitrogens with zero attached hydrogens (tertiary/aromatic N) is 2. The Labute approximate surface area is 142 Å². The van der Waals surface area contributed by atoms with Crippen LogP contribution in [0, 0.1) is 5.82 Å². The lowest BCUT2D eigenvalue weighted by molar-refractivity contribution is 0.221. The van der Waals surface area contributed by atoms with Crippen LogP contribution in [0.5, 0.6) is 0 Å². The molecule has 0 amide bonds. The van der Waals surface area contributed by atoms with Crippen LogP contribution in [0.15, 0.2) is 52.8 Å². The third kappa shape index (κ3) is 2.90. The normalized spacial score (nSPS) is 23.8. The van der Waals surface area contributed by atoms with E-state index in [0.717, 1.165) is 23.8 Å². The van der Waals surface area contributed by atoms with Crippen LogP contribution in [0.25, 0.3) is 0 Å². The lowest BCUT2D eigenvalue weighted by atomic mass is 10.00. The van der Waals surface area contributed by atoms with E-state index in [9.17, 15) is 4.39 Å². The van der Waals surface area contributed by atoms with Crippen molar-refractivity contribution in [2.75, 3.05) is 5.32 Å². The molecular formula is C19H23FN4. The first kappa shape index (κ1) is 15.2. The van der Waals surface area contributed by atoms with Crippen molar-refractivity contribution in [1.29, 1.82) is 0 Å². The molecule has 1 aromatic carbocycles. The van der Waals surface area contributed by atoms with Gasteiger partial charge in [0, 0.05) is 17.4 Å². The van der Waals surface area contributed by atoms with E-state index in [-0.39, 0.29) is 12.0 Å². The molecule has 0 saturated heterocycles. The Morgan fingerprint density at radius 2 is 1.96 bits per heavy atom. The molecule has 0 spiro atoms. The van der Waals surface area contributed by atoms with Crippen LogP contribution in [0.2, 0.25) is 0 Å². The highest BCUT2D eigenvalue weighted by Gasteiger charge is 2.33. The summed E-state index contributed by atoms with van der Waals surface area (Å²) < 4.78 is 13.1. The van der Waals surface area contributed by atoms with Crippen LogP contribution < -0.4 is 10.6 Å². The average molecular weight is 326 g/mol. The number of benzene rings is 1. The molecule has 2 aliphatic heterocycles. The van der Waals surface area contributed by atoms with Gasteiger partial charge in [0.2, 0.25) is 5.96 Å². The summed E-state index contributed by atoms with van der Waals surface area (Å²) in [5.74, 6) is 0.494. The van der Waals surface area contributed by atoms with Gasteiger partial charge in [-0.1, -0.05) is 18.9 Å². The van der Waals surface area contributed by atoms with Crippen molar-refractivity contribution in [3.8, 4) is 0 Å². The summed E-state index contributed by atoms with van der Waals surface area (Å²) in [5, 5.41) is 6.62. The van der Waals surface area contributed by atoms with Gasteiger partial charge >= 0.3 is 0 Å². The maximum Gasteiger partial charge on any atom is 0.202 e. The molecule has 4 nitrogen and oxygen atoms in total. The molecule has 4 rings (SSSR count). The minimum absolute atomic E-state index is 0.0716. The van der Waals surface area contributed by atoms with Gasteiger partial charge in [-0.15, -0.1) is 0 Å². The lowest BCUT2D eigenvalue weighted by Crippen LogP contribution is -2.46. The molecule has 1 aliphatic carbocycles. The second kappa shape index (κ2) is 6.30. The number of aliphatic imine (C=N–C) groups is 1. The summed E-state index contributed by atoms with van der Waals surface area (Å²) in [6, 6.07) is 6.94. The Bertz CT molecular complexity index is 699. The molecule has 2 heterocycles. The van der Waals surface area contributed by atoms with Crippen LogP contribution in [0.4, 0.5) is 10.1 Å². The fraction of sp³-hybridized carbons (Fsp3) is 0.421. The number of fused-ring (bicyclic) bond motifs is 1. The average Bonchev–Trinajstić information content (AvgIpc) is 3.11. The van der Waals surface area contributed by atoms with E-state index in [4.69, 9.17) is 4.99 Å². The molecule has 24 heavy (non-hydrogen) atoms. The van der Waals surface area contributed by atoms with Crippen LogP contribution in [-0.4, -0.2) is 23.1 Å². The lowest BCUT2D eigenvalue weighted by Gasteiger charge is -2.40. The smallest absolute Gasteiger partial charge is 0.202 e. The topological polar surface area (TPSA) is 39.7 Å². The number of anilines is 1.